The van der Waals surface area contributed by atoms with Crippen LogP contribution in [0.3, 0.4) is 0 Å². The number of esters is 3. The number of rotatable bonds is 8. The van der Waals surface area contributed by atoms with Gasteiger partial charge in [-0.2, -0.15) is 0 Å². The van der Waals surface area contributed by atoms with E-state index in [2.05, 4.69) is 6.58 Å². The van der Waals surface area contributed by atoms with E-state index in [4.69, 9.17) is 14.2 Å². The molecule has 1 saturated heterocycles. The lowest BCUT2D eigenvalue weighted by Gasteiger charge is -2.29. The van der Waals surface area contributed by atoms with Crippen molar-refractivity contribution in [2.45, 2.75) is 37.9 Å². The highest BCUT2D eigenvalue weighted by molar-refractivity contribution is 5.85. The maximum Gasteiger partial charge on any atom is 0.330 e. The zero-order valence-corrected chi connectivity index (χ0v) is 13.6. The largest absolute Gasteiger partial charge is 0.481 e. The number of carbonyl (C=O) groups excluding carboxylic acids is 3. The summed E-state index contributed by atoms with van der Waals surface area (Å²) in [5.41, 5.74) is 0. The maximum absolute atomic E-state index is 12.0. The lowest BCUT2D eigenvalue weighted by atomic mass is 9.78. The van der Waals surface area contributed by atoms with E-state index in [9.17, 15) is 24.3 Å². The Hall–Kier alpha value is -2.38. The van der Waals surface area contributed by atoms with Crippen LogP contribution in [-0.2, 0) is 33.4 Å². The van der Waals surface area contributed by atoms with Crippen LogP contribution in [0.1, 0.15) is 25.7 Å². The third-order valence-corrected chi connectivity index (χ3v) is 5.28. The van der Waals surface area contributed by atoms with Gasteiger partial charge in [-0.3, -0.25) is 14.4 Å². The molecule has 2 bridgehead atoms. The minimum atomic E-state index is -1.04. The Morgan fingerprint density at radius 1 is 1.28 bits per heavy atom. The van der Waals surface area contributed by atoms with Gasteiger partial charge in [0.25, 0.3) is 0 Å². The molecule has 0 aromatic rings. The molecule has 0 amide bonds. The summed E-state index contributed by atoms with van der Waals surface area (Å²) in [5.74, 6) is -4.50. The van der Waals surface area contributed by atoms with Crippen molar-refractivity contribution in [1.29, 1.82) is 0 Å². The molecule has 1 aliphatic heterocycles. The van der Waals surface area contributed by atoms with Crippen LogP contribution in [0.25, 0.3) is 0 Å². The summed E-state index contributed by atoms with van der Waals surface area (Å²) < 4.78 is 15.5. The van der Waals surface area contributed by atoms with Crippen LogP contribution in [0.15, 0.2) is 12.7 Å². The van der Waals surface area contributed by atoms with Gasteiger partial charge in [-0.05, 0) is 19.3 Å². The fraction of sp³-hybridized carbons (Fsp3) is 0.647. The number of carboxylic acid groups (broad SMARTS) is 1. The van der Waals surface area contributed by atoms with E-state index < -0.39 is 47.9 Å². The number of hydrogen-bond acceptors (Lipinski definition) is 7. The predicted octanol–water partition coefficient (Wildman–Crippen LogP) is 0.690. The summed E-state index contributed by atoms with van der Waals surface area (Å²) in [6.45, 7) is 3.47. The van der Waals surface area contributed by atoms with Gasteiger partial charge in [-0.25, -0.2) is 4.79 Å². The van der Waals surface area contributed by atoms with Crippen LogP contribution in [0, 0.1) is 23.7 Å². The average Bonchev–Trinajstić information content (AvgIpc) is 3.17. The first-order valence-corrected chi connectivity index (χ1v) is 8.36. The second-order valence-electron chi connectivity index (χ2n) is 6.64. The Labute approximate surface area is 144 Å². The third-order valence-electron chi connectivity index (χ3n) is 5.28. The average molecular weight is 352 g/mol. The molecule has 8 heteroatoms. The van der Waals surface area contributed by atoms with Gasteiger partial charge in [0, 0.05) is 24.3 Å². The van der Waals surface area contributed by atoms with Crippen LogP contribution in [0.4, 0.5) is 0 Å². The molecule has 8 nitrogen and oxygen atoms in total. The smallest absolute Gasteiger partial charge is 0.330 e. The molecule has 3 fully saturated rings. The van der Waals surface area contributed by atoms with E-state index in [1.54, 1.807) is 0 Å². The van der Waals surface area contributed by atoms with Gasteiger partial charge in [0.2, 0.25) is 0 Å². The van der Waals surface area contributed by atoms with Crippen molar-refractivity contribution in [3.63, 3.8) is 0 Å². The van der Waals surface area contributed by atoms with Crippen molar-refractivity contribution < 1.29 is 38.5 Å². The second-order valence-corrected chi connectivity index (χ2v) is 6.64. The number of hydrogen-bond donors (Lipinski definition) is 1. The van der Waals surface area contributed by atoms with Gasteiger partial charge < -0.3 is 19.3 Å². The first-order valence-electron chi connectivity index (χ1n) is 8.36. The molecule has 1 heterocycles. The highest BCUT2D eigenvalue weighted by Crippen LogP contribution is 2.58. The summed E-state index contributed by atoms with van der Waals surface area (Å²) in [7, 11) is 0. The van der Waals surface area contributed by atoms with Crippen LogP contribution in [0.5, 0.6) is 0 Å². The fourth-order valence-electron chi connectivity index (χ4n) is 4.30. The van der Waals surface area contributed by atoms with E-state index in [-0.39, 0.29) is 24.9 Å². The third kappa shape index (κ3) is 3.12. The molecule has 6 atom stereocenters. The minimum absolute atomic E-state index is 0.126. The van der Waals surface area contributed by atoms with Crippen molar-refractivity contribution in [2.75, 3.05) is 6.61 Å². The van der Waals surface area contributed by atoms with Gasteiger partial charge in [0.1, 0.15) is 12.2 Å². The molecule has 2 aliphatic carbocycles. The number of carboxylic acids is 1. The van der Waals surface area contributed by atoms with Gasteiger partial charge in [0.05, 0.1) is 18.4 Å². The summed E-state index contributed by atoms with van der Waals surface area (Å²) in [6, 6.07) is 0. The van der Waals surface area contributed by atoms with E-state index in [1.807, 2.05) is 0 Å². The fourth-order valence-corrected chi connectivity index (χ4v) is 4.30. The Kier molecular flexibility index (Phi) is 4.78. The van der Waals surface area contributed by atoms with Crippen molar-refractivity contribution >= 4 is 23.9 Å². The molecule has 3 aliphatic rings. The molecule has 25 heavy (non-hydrogen) atoms. The second kappa shape index (κ2) is 6.85. The maximum atomic E-state index is 12.0. The molecule has 0 radical (unpaired) electrons. The Morgan fingerprint density at radius 2 is 2.04 bits per heavy atom. The van der Waals surface area contributed by atoms with Crippen LogP contribution in [-0.4, -0.2) is 47.8 Å². The van der Waals surface area contributed by atoms with Gasteiger partial charge in [0.15, 0.2) is 0 Å². The molecule has 1 N–H and O–H groups in total. The zero-order valence-electron chi connectivity index (χ0n) is 13.6. The first-order chi connectivity index (χ1) is 11.9. The quantitative estimate of drug-likeness (QED) is 0.293. The van der Waals surface area contributed by atoms with Crippen LogP contribution in [0.2, 0.25) is 0 Å². The van der Waals surface area contributed by atoms with Crippen molar-refractivity contribution in [1.82, 2.24) is 0 Å². The van der Waals surface area contributed by atoms with Crippen molar-refractivity contribution in [2.24, 2.45) is 23.7 Å². The first kappa shape index (κ1) is 17.4. The number of unbranched alkanes of at least 4 members (excludes halogenated alkanes) is 1. The topological polar surface area (TPSA) is 116 Å². The predicted molar refractivity (Wildman–Crippen MR) is 81.0 cm³/mol. The van der Waals surface area contributed by atoms with Gasteiger partial charge >= 0.3 is 23.9 Å². The monoisotopic (exact) mass is 352 g/mol. The van der Waals surface area contributed by atoms with Gasteiger partial charge in [-0.15, -0.1) is 0 Å². The number of ether oxygens (including phenoxy) is 3. The van der Waals surface area contributed by atoms with Gasteiger partial charge in [-0.1, -0.05) is 6.58 Å². The van der Waals surface area contributed by atoms with E-state index in [0.717, 1.165) is 6.08 Å². The molecule has 0 aromatic carbocycles. The summed E-state index contributed by atoms with van der Waals surface area (Å²) in [4.78, 5) is 46.3. The molecule has 136 valence electrons. The summed E-state index contributed by atoms with van der Waals surface area (Å²) in [5, 5.41) is 9.39. The SMILES string of the molecule is C=CC(=O)OCCCCC(=O)OC1C2CC3C1OC(=O)C3C2C(=O)O. The van der Waals surface area contributed by atoms with Crippen LogP contribution < -0.4 is 0 Å². The number of carbonyl (C=O) groups is 4. The lowest BCUT2D eigenvalue weighted by molar-refractivity contribution is -0.164. The molecule has 0 spiro atoms. The molecule has 2 saturated carbocycles. The Balaban J connectivity index is 1.49. The lowest BCUT2D eigenvalue weighted by Crippen LogP contribution is -2.43. The van der Waals surface area contributed by atoms with Crippen molar-refractivity contribution in [3.8, 4) is 0 Å². The molecule has 3 rings (SSSR count). The molecule has 0 aromatic heterocycles. The Bertz CT molecular complexity index is 612. The number of aliphatic carboxylic acids is 1. The minimum Gasteiger partial charge on any atom is -0.481 e. The molecule has 6 unspecified atom stereocenters. The number of fused-ring (bicyclic) bond motifs is 1. The van der Waals surface area contributed by atoms with Crippen molar-refractivity contribution in [3.05, 3.63) is 12.7 Å². The van der Waals surface area contributed by atoms with E-state index in [0.29, 0.717) is 19.3 Å². The zero-order chi connectivity index (χ0) is 18.1. The molecular formula is C17H20O8. The van der Waals surface area contributed by atoms with E-state index >= 15 is 0 Å². The Morgan fingerprint density at radius 3 is 2.72 bits per heavy atom. The highest BCUT2D eigenvalue weighted by atomic mass is 16.6. The van der Waals surface area contributed by atoms with E-state index in [1.165, 1.54) is 0 Å². The highest BCUT2D eigenvalue weighted by Gasteiger charge is 2.69. The molecular weight excluding hydrogens is 332 g/mol. The normalized spacial score (nSPS) is 34.5. The summed E-state index contributed by atoms with van der Waals surface area (Å²) in [6.07, 6.45) is 1.51. The summed E-state index contributed by atoms with van der Waals surface area (Å²) >= 11 is 0. The standard InChI is InChI=1S/C17H20O8/c1-2-10(18)23-6-4-3-5-11(19)24-14-8-7-9-13(12(8)16(20)21)17(22)25-15(9)14/h2,8-9,12-15H,1,3-7H2,(H,20,21). The van der Waals surface area contributed by atoms with Crippen LogP contribution >= 0.6 is 0 Å².